The van der Waals surface area contributed by atoms with E-state index in [1.165, 1.54) is 6.20 Å². The Morgan fingerprint density at radius 3 is 2.74 bits per heavy atom. The third-order valence-electron chi connectivity index (χ3n) is 3.18. The highest BCUT2D eigenvalue weighted by molar-refractivity contribution is 5.97. The van der Waals surface area contributed by atoms with Crippen LogP contribution in [0.1, 0.15) is 6.42 Å². The summed E-state index contributed by atoms with van der Waals surface area (Å²) in [6.45, 7) is -2.38. The van der Waals surface area contributed by atoms with E-state index >= 15 is 0 Å². The van der Waals surface area contributed by atoms with Gasteiger partial charge in [0.25, 0.3) is 6.43 Å². The quantitative estimate of drug-likeness (QED) is 0.826. The predicted octanol–water partition coefficient (Wildman–Crippen LogP) is 1.50. The molecule has 11 heteroatoms. The SMILES string of the molecule is O=C(Nc1cnn(CC(F)F)c1)[C@@H]1CC(=O)N(CC(F)(F)F)C1. The second-order valence-electron chi connectivity index (χ2n) is 5.12. The van der Waals surface area contributed by atoms with Crippen molar-refractivity contribution in [1.82, 2.24) is 14.7 Å². The third kappa shape index (κ3) is 4.89. The Morgan fingerprint density at radius 2 is 2.13 bits per heavy atom. The molecule has 0 radical (unpaired) electrons. The van der Waals surface area contributed by atoms with E-state index < -0.39 is 43.4 Å². The summed E-state index contributed by atoms with van der Waals surface area (Å²) in [7, 11) is 0. The molecule has 2 heterocycles. The Hall–Kier alpha value is -2.20. The summed E-state index contributed by atoms with van der Waals surface area (Å²) in [5, 5.41) is 5.96. The lowest BCUT2D eigenvalue weighted by Crippen LogP contribution is -2.36. The van der Waals surface area contributed by atoms with Gasteiger partial charge in [-0.3, -0.25) is 14.3 Å². The van der Waals surface area contributed by atoms with Gasteiger partial charge in [0.05, 0.1) is 17.8 Å². The summed E-state index contributed by atoms with van der Waals surface area (Å²) in [4.78, 5) is 24.0. The fraction of sp³-hybridized carbons (Fsp3) is 0.583. The number of anilines is 1. The maximum Gasteiger partial charge on any atom is 0.406 e. The van der Waals surface area contributed by atoms with Crippen LogP contribution in [0.4, 0.5) is 27.6 Å². The molecule has 2 amide bonds. The zero-order valence-corrected chi connectivity index (χ0v) is 11.7. The van der Waals surface area contributed by atoms with Crippen LogP contribution < -0.4 is 5.32 Å². The van der Waals surface area contributed by atoms with Gasteiger partial charge < -0.3 is 10.2 Å². The van der Waals surface area contributed by atoms with Gasteiger partial charge in [-0.1, -0.05) is 0 Å². The number of halogens is 5. The maximum atomic E-state index is 12.3. The van der Waals surface area contributed by atoms with Gasteiger partial charge in [0, 0.05) is 19.2 Å². The molecule has 1 aliphatic rings. The molecule has 1 saturated heterocycles. The van der Waals surface area contributed by atoms with Gasteiger partial charge in [-0.15, -0.1) is 0 Å². The maximum absolute atomic E-state index is 12.3. The molecular weight excluding hydrogens is 327 g/mol. The summed E-state index contributed by atoms with van der Waals surface area (Å²) >= 11 is 0. The number of carbonyl (C=O) groups excluding carboxylic acids is 2. The minimum atomic E-state index is -4.53. The minimum absolute atomic E-state index is 0.136. The fourth-order valence-electron chi connectivity index (χ4n) is 2.23. The number of amides is 2. The minimum Gasteiger partial charge on any atom is -0.333 e. The monoisotopic (exact) mass is 340 g/mol. The Labute approximate surface area is 127 Å². The van der Waals surface area contributed by atoms with Crippen LogP contribution >= 0.6 is 0 Å². The highest BCUT2D eigenvalue weighted by Crippen LogP contribution is 2.24. The average Bonchev–Trinajstić information content (AvgIpc) is 2.95. The number of nitrogens with zero attached hydrogens (tertiary/aromatic N) is 3. The lowest BCUT2D eigenvalue weighted by Gasteiger charge is -2.18. The molecular formula is C12H13F5N4O2. The Balaban J connectivity index is 1.91. The Morgan fingerprint density at radius 1 is 1.43 bits per heavy atom. The molecule has 0 bridgehead atoms. The Kier molecular flexibility index (Phi) is 4.85. The first-order valence-corrected chi connectivity index (χ1v) is 6.60. The number of carbonyl (C=O) groups is 2. The number of rotatable bonds is 5. The van der Waals surface area contributed by atoms with Crippen LogP contribution in [0, 0.1) is 5.92 Å². The van der Waals surface area contributed by atoms with E-state index in [9.17, 15) is 31.5 Å². The van der Waals surface area contributed by atoms with Crippen LogP contribution in [0.5, 0.6) is 0 Å². The number of nitrogens with one attached hydrogen (secondary N) is 1. The highest BCUT2D eigenvalue weighted by atomic mass is 19.4. The molecule has 0 unspecified atom stereocenters. The van der Waals surface area contributed by atoms with Crippen LogP contribution in [0.25, 0.3) is 0 Å². The van der Waals surface area contributed by atoms with Crippen molar-refractivity contribution in [3.63, 3.8) is 0 Å². The van der Waals surface area contributed by atoms with Crippen LogP contribution in [-0.2, 0) is 16.1 Å². The van der Waals surface area contributed by atoms with Crippen molar-refractivity contribution in [2.45, 2.75) is 25.6 Å². The van der Waals surface area contributed by atoms with Crippen LogP contribution in [0.2, 0.25) is 0 Å². The number of hydrogen-bond acceptors (Lipinski definition) is 3. The second kappa shape index (κ2) is 6.50. The molecule has 6 nitrogen and oxygen atoms in total. The Bertz CT molecular complexity index is 586. The molecule has 128 valence electrons. The van der Waals surface area contributed by atoms with Crippen LogP contribution in [0.15, 0.2) is 12.4 Å². The van der Waals surface area contributed by atoms with Crippen molar-refractivity contribution in [2.75, 3.05) is 18.4 Å². The lowest BCUT2D eigenvalue weighted by molar-refractivity contribution is -0.157. The van der Waals surface area contributed by atoms with E-state index in [4.69, 9.17) is 0 Å². The van der Waals surface area contributed by atoms with Gasteiger partial charge in [-0.2, -0.15) is 18.3 Å². The normalized spacial score (nSPS) is 18.8. The molecule has 1 aromatic heterocycles. The van der Waals surface area contributed by atoms with E-state index in [0.717, 1.165) is 10.9 Å². The van der Waals surface area contributed by atoms with E-state index in [1.54, 1.807) is 0 Å². The van der Waals surface area contributed by atoms with Crippen molar-refractivity contribution in [3.8, 4) is 0 Å². The molecule has 1 fully saturated rings. The van der Waals surface area contributed by atoms with Gasteiger partial charge in [0.2, 0.25) is 11.8 Å². The lowest BCUT2D eigenvalue weighted by atomic mass is 10.1. The molecule has 0 aromatic carbocycles. The summed E-state index contributed by atoms with van der Waals surface area (Å²) in [5.41, 5.74) is 0.136. The molecule has 1 aromatic rings. The summed E-state index contributed by atoms with van der Waals surface area (Å²) in [6, 6.07) is 0. The predicted molar refractivity (Wildman–Crippen MR) is 67.6 cm³/mol. The summed E-state index contributed by atoms with van der Waals surface area (Å²) in [6.07, 6.45) is -5.15. The summed E-state index contributed by atoms with van der Waals surface area (Å²) < 4.78 is 62.2. The average molecular weight is 340 g/mol. The van der Waals surface area contributed by atoms with E-state index in [-0.39, 0.29) is 18.7 Å². The van der Waals surface area contributed by atoms with E-state index in [0.29, 0.717) is 4.90 Å². The largest absolute Gasteiger partial charge is 0.406 e. The van der Waals surface area contributed by atoms with Gasteiger partial charge in [0.1, 0.15) is 13.1 Å². The van der Waals surface area contributed by atoms with Gasteiger partial charge >= 0.3 is 6.18 Å². The molecule has 0 aliphatic carbocycles. The molecule has 1 atom stereocenters. The van der Waals surface area contributed by atoms with Crippen molar-refractivity contribution < 1.29 is 31.5 Å². The van der Waals surface area contributed by atoms with Crippen molar-refractivity contribution >= 4 is 17.5 Å². The second-order valence-corrected chi connectivity index (χ2v) is 5.12. The fourth-order valence-corrected chi connectivity index (χ4v) is 2.23. The molecule has 1 N–H and O–H groups in total. The summed E-state index contributed by atoms with van der Waals surface area (Å²) in [5.74, 6) is -2.33. The van der Waals surface area contributed by atoms with Crippen molar-refractivity contribution in [1.29, 1.82) is 0 Å². The smallest absolute Gasteiger partial charge is 0.333 e. The standard InChI is InChI=1S/C12H13F5N4O2/c13-9(14)5-21-4-8(2-18-21)19-11(23)7-1-10(22)20(3-7)6-12(15,16)17/h2,4,7,9H,1,3,5-6H2,(H,19,23)/t7-/m1/s1. The van der Waals surface area contributed by atoms with Gasteiger partial charge in [0.15, 0.2) is 0 Å². The molecule has 1 aliphatic heterocycles. The van der Waals surface area contributed by atoms with Crippen LogP contribution in [-0.4, -0.2) is 52.2 Å². The number of alkyl halides is 5. The topological polar surface area (TPSA) is 67.2 Å². The first kappa shape index (κ1) is 17.2. The first-order valence-electron chi connectivity index (χ1n) is 6.60. The zero-order valence-electron chi connectivity index (χ0n) is 11.7. The van der Waals surface area contributed by atoms with Crippen LogP contribution in [0.3, 0.4) is 0 Å². The number of hydrogen-bond donors (Lipinski definition) is 1. The van der Waals surface area contributed by atoms with E-state index in [2.05, 4.69) is 10.4 Å². The number of aromatic nitrogens is 2. The highest BCUT2D eigenvalue weighted by Gasteiger charge is 2.40. The van der Waals surface area contributed by atoms with Crippen molar-refractivity contribution in [2.24, 2.45) is 5.92 Å². The molecule has 23 heavy (non-hydrogen) atoms. The molecule has 2 rings (SSSR count). The number of likely N-dealkylation sites (tertiary alicyclic amines) is 1. The molecule has 0 spiro atoms. The van der Waals surface area contributed by atoms with E-state index in [1.807, 2.05) is 0 Å². The third-order valence-corrected chi connectivity index (χ3v) is 3.18. The molecule has 0 saturated carbocycles. The van der Waals surface area contributed by atoms with Gasteiger partial charge in [-0.05, 0) is 0 Å². The first-order chi connectivity index (χ1) is 10.6. The van der Waals surface area contributed by atoms with Gasteiger partial charge in [-0.25, -0.2) is 8.78 Å². The zero-order chi connectivity index (χ0) is 17.2. The van der Waals surface area contributed by atoms with Crippen molar-refractivity contribution in [3.05, 3.63) is 12.4 Å².